The van der Waals surface area contributed by atoms with Crippen LogP contribution in [-0.2, 0) is 4.79 Å². The van der Waals surface area contributed by atoms with Gasteiger partial charge in [-0.25, -0.2) is 9.78 Å². The van der Waals surface area contributed by atoms with Crippen LogP contribution in [0.15, 0.2) is 36.5 Å². The van der Waals surface area contributed by atoms with Gasteiger partial charge in [0.05, 0.1) is 0 Å². The number of hydrogen-bond donors (Lipinski definition) is 1. The van der Waals surface area contributed by atoms with Crippen LogP contribution in [0.1, 0.15) is 17.0 Å². The van der Waals surface area contributed by atoms with Crippen LogP contribution in [0, 0.1) is 13.8 Å². The third-order valence-corrected chi connectivity index (χ3v) is 2.75. The average Bonchev–Trinajstić information content (AvgIpc) is 2.63. The Hall–Kier alpha value is -2.36. The van der Waals surface area contributed by atoms with Gasteiger partial charge in [-0.05, 0) is 43.7 Å². The van der Waals surface area contributed by atoms with Crippen molar-refractivity contribution in [3.63, 3.8) is 0 Å². The number of carboxylic acid groups (broad SMARTS) is 1. The normalized spacial score (nSPS) is 11.0. The van der Waals surface area contributed by atoms with E-state index in [1.807, 2.05) is 42.7 Å². The summed E-state index contributed by atoms with van der Waals surface area (Å²) in [5.74, 6) is -0.111. The Balaban J connectivity index is 2.48. The molecule has 4 heteroatoms. The van der Waals surface area contributed by atoms with Crippen LogP contribution < -0.4 is 0 Å². The molecule has 2 rings (SSSR count). The number of nitrogens with zero attached hydrogens (tertiary/aromatic N) is 2. The molecule has 18 heavy (non-hydrogen) atoms. The van der Waals surface area contributed by atoms with E-state index in [1.54, 1.807) is 12.3 Å². The SMILES string of the molecule is Cc1cc(/C=C/C(=O)O)c(C)n1-c1ccccn1. The molecule has 0 bridgehead atoms. The molecule has 0 fully saturated rings. The molecule has 0 saturated heterocycles. The van der Waals surface area contributed by atoms with E-state index < -0.39 is 5.97 Å². The monoisotopic (exact) mass is 242 g/mol. The summed E-state index contributed by atoms with van der Waals surface area (Å²) in [4.78, 5) is 14.8. The quantitative estimate of drug-likeness (QED) is 0.842. The second kappa shape index (κ2) is 4.87. The molecule has 4 nitrogen and oxygen atoms in total. The number of rotatable bonds is 3. The van der Waals surface area contributed by atoms with Crippen LogP contribution in [0.5, 0.6) is 0 Å². The number of carbonyl (C=O) groups is 1. The summed E-state index contributed by atoms with van der Waals surface area (Å²) in [6.45, 7) is 3.92. The number of aromatic nitrogens is 2. The van der Waals surface area contributed by atoms with Gasteiger partial charge in [-0.3, -0.25) is 0 Å². The van der Waals surface area contributed by atoms with Crippen molar-refractivity contribution in [2.45, 2.75) is 13.8 Å². The first-order chi connectivity index (χ1) is 8.59. The third-order valence-electron chi connectivity index (χ3n) is 2.75. The highest BCUT2D eigenvalue weighted by molar-refractivity contribution is 5.85. The van der Waals surface area contributed by atoms with Gasteiger partial charge in [0, 0.05) is 23.7 Å². The Labute approximate surface area is 105 Å². The molecule has 0 amide bonds. The van der Waals surface area contributed by atoms with Crippen molar-refractivity contribution in [3.05, 3.63) is 53.5 Å². The van der Waals surface area contributed by atoms with E-state index in [-0.39, 0.29) is 0 Å². The van der Waals surface area contributed by atoms with Crippen molar-refractivity contribution in [1.82, 2.24) is 9.55 Å². The summed E-state index contributed by atoms with van der Waals surface area (Å²) >= 11 is 0. The standard InChI is InChI=1S/C14H14N2O2/c1-10-9-12(6-7-14(17)18)11(2)16(10)13-5-3-4-8-15-13/h3-9H,1-2H3,(H,17,18)/b7-6+. The Bertz CT molecular complexity index is 598. The van der Waals surface area contributed by atoms with Gasteiger partial charge in [0.2, 0.25) is 0 Å². The van der Waals surface area contributed by atoms with Gasteiger partial charge in [-0.15, -0.1) is 0 Å². The molecule has 0 radical (unpaired) electrons. The Morgan fingerprint density at radius 2 is 2.17 bits per heavy atom. The van der Waals surface area contributed by atoms with Gasteiger partial charge in [0.1, 0.15) is 5.82 Å². The van der Waals surface area contributed by atoms with Crippen LogP contribution in [0.3, 0.4) is 0 Å². The fourth-order valence-corrected chi connectivity index (χ4v) is 1.96. The van der Waals surface area contributed by atoms with Crippen LogP contribution in [0.4, 0.5) is 0 Å². The molecular formula is C14H14N2O2. The molecule has 92 valence electrons. The van der Waals surface area contributed by atoms with Crippen molar-refractivity contribution < 1.29 is 9.90 Å². The highest BCUT2D eigenvalue weighted by atomic mass is 16.4. The predicted molar refractivity (Wildman–Crippen MR) is 69.7 cm³/mol. The molecule has 2 heterocycles. The first kappa shape index (κ1) is 12.1. The van der Waals surface area contributed by atoms with E-state index in [1.165, 1.54) is 0 Å². The maximum atomic E-state index is 10.5. The molecule has 2 aromatic heterocycles. The highest BCUT2D eigenvalue weighted by Gasteiger charge is 2.09. The maximum absolute atomic E-state index is 10.5. The molecule has 0 saturated carbocycles. The van der Waals surface area contributed by atoms with Gasteiger partial charge in [-0.1, -0.05) is 6.07 Å². The molecule has 0 aliphatic carbocycles. The molecule has 0 atom stereocenters. The second-order valence-corrected chi connectivity index (χ2v) is 4.02. The minimum Gasteiger partial charge on any atom is -0.478 e. The molecule has 0 spiro atoms. The fraction of sp³-hybridized carbons (Fsp3) is 0.143. The van der Waals surface area contributed by atoms with Crippen LogP contribution in [0.2, 0.25) is 0 Å². The largest absolute Gasteiger partial charge is 0.478 e. The van der Waals surface area contributed by atoms with E-state index in [0.717, 1.165) is 28.8 Å². The van der Waals surface area contributed by atoms with Crippen molar-refractivity contribution in [2.75, 3.05) is 0 Å². The summed E-state index contributed by atoms with van der Waals surface area (Å²) in [7, 11) is 0. The van der Waals surface area contributed by atoms with Gasteiger partial charge in [-0.2, -0.15) is 0 Å². The number of aliphatic carboxylic acids is 1. The molecule has 0 aliphatic heterocycles. The van der Waals surface area contributed by atoms with Crippen LogP contribution in [-0.4, -0.2) is 20.6 Å². The molecule has 2 aromatic rings. The zero-order valence-electron chi connectivity index (χ0n) is 10.3. The van der Waals surface area contributed by atoms with E-state index in [4.69, 9.17) is 5.11 Å². The highest BCUT2D eigenvalue weighted by Crippen LogP contribution is 2.20. The van der Waals surface area contributed by atoms with E-state index in [2.05, 4.69) is 4.98 Å². The Morgan fingerprint density at radius 3 is 2.78 bits per heavy atom. The van der Waals surface area contributed by atoms with Crippen LogP contribution >= 0.6 is 0 Å². The van der Waals surface area contributed by atoms with Gasteiger partial charge in [0.25, 0.3) is 0 Å². The number of carboxylic acids is 1. The number of pyridine rings is 1. The number of hydrogen-bond acceptors (Lipinski definition) is 2. The summed E-state index contributed by atoms with van der Waals surface area (Å²) in [5, 5.41) is 8.65. The Kier molecular flexibility index (Phi) is 3.28. The molecule has 0 aliphatic rings. The van der Waals surface area contributed by atoms with E-state index in [0.29, 0.717) is 0 Å². The smallest absolute Gasteiger partial charge is 0.328 e. The average molecular weight is 242 g/mol. The Morgan fingerprint density at radius 1 is 1.39 bits per heavy atom. The van der Waals surface area contributed by atoms with Crippen LogP contribution in [0.25, 0.3) is 11.9 Å². The van der Waals surface area contributed by atoms with Crippen molar-refractivity contribution in [1.29, 1.82) is 0 Å². The maximum Gasteiger partial charge on any atom is 0.328 e. The first-order valence-corrected chi connectivity index (χ1v) is 5.61. The van der Waals surface area contributed by atoms with Crippen molar-refractivity contribution >= 4 is 12.0 Å². The van der Waals surface area contributed by atoms with E-state index in [9.17, 15) is 4.79 Å². The van der Waals surface area contributed by atoms with Gasteiger partial charge < -0.3 is 9.67 Å². The van der Waals surface area contributed by atoms with E-state index >= 15 is 0 Å². The lowest BCUT2D eigenvalue weighted by atomic mass is 10.2. The first-order valence-electron chi connectivity index (χ1n) is 5.61. The van der Waals surface area contributed by atoms with Gasteiger partial charge in [0.15, 0.2) is 0 Å². The molecule has 0 unspecified atom stereocenters. The minimum atomic E-state index is -0.947. The lowest BCUT2D eigenvalue weighted by Gasteiger charge is -2.07. The van der Waals surface area contributed by atoms with Crippen molar-refractivity contribution in [2.24, 2.45) is 0 Å². The summed E-state index contributed by atoms with van der Waals surface area (Å²) in [6, 6.07) is 7.66. The second-order valence-electron chi connectivity index (χ2n) is 4.02. The minimum absolute atomic E-state index is 0.836. The lowest BCUT2D eigenvalue weighted by Crippen LogP contribution is -2.01. The predicted octanol–water partition coefficient (Wildman–Crippen LogP) is 2.59. The van der Waals surface area contributed by atoms with Crippen molar-refractivity contribution in [3.8, 4) is 5.82 Å². The fourth-order valence-electron chi connectivity index (χ4n) is 1.96. The summed E-state index contributed by atoms with van der Waals surface area (Å²) in [5.41, 5.74) is 2.89. The zero-order chi connectivity index (χ0) is 13.1. The topological polar surface area (TPSA) is 55.1 Å². The molecule has 0 aromatic carbocycles. The third kappa shape index (κ3) is 2.32. The van der Waals surface area contributed by atoms with Gasteiger partial charge >= 0.3 is 5.97 Å². The zero-order valence-corrected chi connectivity index (χ0v) is 10.3. The summed E-state index contributed by atoms with van der Waals surface area (Å²) in [6.07, 6.45) is 4.48. The summed E-state index contributed by atoms with van der Waals surface area (Å²) < 4.78 is 2.00. The number of aryl methyl sites for hydroxylation is 1. The molecule has 1 N–H and O–H groups in total. The molecular weight excluding hydrogens is 228 g/mol. The lowest BCUT2D eigenvalue weighted by molar-refractivity contribution is -0.131.